The summed E-state index contributed by atoms with van der Waals surface area (Å²) >= 11 is 1.77. The van der Waals surface area contributed by atoms with E-state index in [0.717, 1.165) is 38.5 Å². The summed E-state index contributed by atoms with van der Waals surface area (Å²) in [5.41, 5.74) is 3.74. The first-order valence-electron chi connectivity index (χ1n) is 7.65. The van der Waals surface area contributed by atoms with Crippen molar-refractivity contribution in [2.45, 2.75) is 11.4 Å². The summed E-state index contributed by atoms with van der Waals surface area (Å²) in [6, 6.07) is 17.4. The Balaban J connectivity index is 1.56. The van der Waals surface area contributed by atoms with Gasteiger partial charge in [-0.3, -0.25) is 0 Å². The second-order valence-electron chi connectivity index (χ2n) is 5.35. The number of hydrogen-bond donors (Lipinski definition) is 1. The van der Waals surface area contributed by atoms with Crippen molar-refractivity contribution in [2.24, 2.45) is 0 Å². The smallest absolute Gasteiger partial charge is 0.0642 e. The number of hydrogen-bond acceptors (Lipinski definition) is 4. The summed E-state index contributed by atoms with van der Waals surface area (Å²) in [5.74, 6) is 0. The second-order valence-corrected chi connectivity index (χ2v) is 6.23. The minimum atomic E-state index is 0.825. The molecular weight excluding hydrogens is 292 g/mol. The number of benzene rings is 2. The third kappa shape index (κ3) is 3.96. The van der Waals surface area contributed by atoms with E-state index in [1.54, 1.807) is 11.8 Å². The highest BCUT2D eigenvalue weighted by Crippen LogP contribution is 2.20. The number of thioether (sulfide) groups is 1. The Kier molecular flexibility index (Phi) is 5.24. The fourth-order valence-electron chi connectivity index (χ4n) is 2.56. The van der Waals surface area contributed by atoms with Crippen molar-refractivity contribution in [3.05, 3.63) is 54.1 Å². The van der Waals surface area contributed by atoms with Gasteiger partial charge in [-0.15, -0.1) is 11.8 Å². The summed E-state index contributed by atoms with van der Waals surface area (Å²) < 4.78 is 5.39. The fourth-order valence-corrected chi connectivity index (χ4v) is 2.97. The highest BCUT2D eigenvalue weighted by atomic mass is 32.2. The molecule has 0 atom stereocenters. The van der Waals surface area contributed by atoms with Gasteiger partial charge < -0.3 is 15.0 Å². The van der Waals surface area contributed by atoms with E-state index in [1.165, 1.54) is 16.1 Å². The molecule has 0 aliphatic carbocycles. The molecule has 116 valence electrons. The molecule has 1 aliphatic heterocycles. The molecule has 0 saturated carbocycles. The van der Waals surface area contributed by atoms with Gasteiger partial charge in [0.1, 0.15) is 0 Å². The Morgan fingerprint density at radius 2 is 1.68 bits per heavy atom. The molecule has 1 N–H and O–H groups in total. The molecule has 0 aromatic heterocycles. The molecule has 0 amide bonds. The molecule has 2 aromatic carbocycles. The summed E-state index contributed by atoms with van der Waals surface area (Å²) in [4.78, 5) is 3.67. The van der Waals surface area contributed by atoms with Crippen LogP contribution < -0.4 is 10.2 Å². The monoisotopic (exact) mass is 314 g/mol. The van der Waals surface area contributed by atoms with Crippen molar-refractivity contribution in [1.82, 2.24) is 0 Å². The van der Waals surface area contributed by atoms with Crippen molar-refractivity contribution in [1.29, 1.82) is 0 Å². The SMILES string of the molecule is CSc1ccc(CNc2ccc(N3CCOCC3)cc2)cc1. The predicted molar refractivity (Wildman–Crippen MR) is 95.0 cm³/mol. The topological polar surface area (TPSA) is 24.5 Å². The van der Waals surface area contributed by atoms with Gasteiger partial charge in [-0.05, 0) is 48.2 Å². The van der Waals surface area contributed by atoms with Crippen molar-refractivity contribution in [3.63, 3.8) is 0 Å². The minimum Gasteiger partial charge on any atom is -0.381 e. The lowest BCUT2D eigenvalue weighted by Crippen LogP contribution is -2.36. The third-order valence-electron chi connectivity index (χ3n) is 3.90. The van der Waals surface area contributed by atoms with E-state index in [1.807, 2.05) is 0 Å². The zero-order valence-electron chi connectivity index (χ0n) is 12.9. The van der Waals surface area contributed by atoms with Crippen LogP contribution in [-0.2, 0) is 11.3 Å². The molecule has 22 heavy (non-hydrogen) atoms. The zero-order chi connectivity index (χ0) is 15.2. The molecule has 0 radical (unpaired) electrons. The lowest BCUT2D eigenvalue weighted by atomic mass is 10.2. The molecule has 1 aliphatic rings. The molecule has 4 heteroatoms. The van der Waals surface area contributed by atoms with Gasteiger partial charge in [-0.25, -0.2) is 0 Å². The van der Waals surface area contributed by atoms with Gasteiger partial charge in [0.2, 0.25) is 0 Å². The lowest BCUT2D eigenvalue weighted by Gasteiger charge is -2.28. The molecule has 0 unspecified atom stereocenters. The van der Waals surface area contributed by atoms with Crippen LogP contribution >= 0.6 is 11.8 Å². The first-order chi connectivity index (χ1) is 10.8. The van der Waals surface area contributed by atoms with Crippen molar-refractivity contribution in [2.75, 3.05) is 42.8 Å². The first kappa shape index (κ1) is 15.3. The third-order valence-corrected chi connectivity index (χ3v) is 4.64. The first-order valence-corrected chi connectivity index (χ1v) is 8.87. The molecular formula is C18H22N2OS. The summed E-state index contributed by atoms with van der Waals surface area (Å²) in [7, 11) is 0. The number of ether oxygens (including phenoxy) is 1. The normalized spacial score (nSPS) is 14.9. The standard InChI is InChI=1S/C18H22N2OS/c1-22-18-8-2-15(3-9-18)14-19-16-4-6-17(7-5-16)20-10-12-21-13-11-20/h2-9,19H,10-14H2,1H3. The van der Waals surface area contributed by atoms with Crippen LogP contribution in [0.4, 0.5) is 11.4 Å². The van der Waals surface area contributed by atoms with Crippen LogP contribution in [0, 0.1) is 0 Å². The van der Waals surface area contributed by atoms with Crippen LogP contribution in [0.15, 0.2) is 53.4 Å². The van der Waals surface area contributed by atoms with Crippen molar-refractivity contribution in [3.8, 4) is 0 Å². The second kappa shape index (κ2) is 7.56. The summed E-state index contributed by atoms with van der Waals surface area (Å²) in [5, 5.41) is 3.48. The van der Waals surface area contributed by atoms with E-state index in [-0.39, 0.29) is 0 Å². The molecule has 2 aromatic rings. The van der Waals surface area contributed by atoms with Crippen LogP contribution in [0.1, 0.15) is 5.56 Å². The van der Waals surface area contributed by atoms with Crippen molar-refractivity contribution >= 4 is 23.1 Å². The number of nitrogens with zero attached hydrogens (tertiary/aromatic N) is 1. The Hall–Kier alpha value is -1.65. The molecule has 3 rings (SSSR count). The quantitative estimate of drug-likeness (QED) is 0.847. The van der Waals surface area contributed by atoms with Gasteiger partial charge in [0.15, 0.2) is 0 Å². The Labute approximate surface area is 136 Å². The number of anilines is 2. The molecule has 0 bridgehead atoms. The van der Waals surface area contributed by atoms with E-state index < -0.39 is 0 Å². The number of nitrogens with one attached hydrogen (secondary N) is 1. The van der Waals surface area contributed by atoms with Gasteiger partial charge in [0.25, 0.3) is 0 Å². The van der Waals surface area contributed by atoms with Gasteiger partial charge in [0.05, 0.1) is 13.2 Å². The highest BCUT2D eigenvalue weighted by Gasteiger charge is 2.10. The minimum absolute atomic E-state index is 0.825. The summed E-state index contributed by atoms with van der Waals surface area (Å²) in [6.07, 6.45) is 2.10. The number of rotatable bonds is 5. The maximum atomic E-state index is 5.39. The van der Waals surface area contributed by atoms with E-state index in [4.69, 9.17) is 4.74 Å². The summed E-state index contributed by atoms with van der Waals surface area (Å²) in [6.45, 7) is 4.47. The molecule has 0 spiro atoms. The van der Waals surface area contributed by atoms with Crippen LogP contribution in [0.5, 0.6) is 0 Å². The largest absolute Gasteiger partial charge is 0.381 e. The van der Waals surface area contributed by atoms with Gasteiger partial charge >= 0.3 is 0 Å². The molecule has 3 nitrogen and oxygen atoms in total. The number of morpholine rings is 1. The Morgan fingerprint density at radius 1 is 1.00 bits per heavy atom. The maximum absolute atomic E-state index is 5.39. The van der Waals surface area contributed by atoms with Crippen molar-refractivity contribution < 1.29 is 4.74 Å². The molecule has 1 saturated heterocycles. The lowest BCUT2D eigenvalue weighted by molar-refractivity contribution is 0.122. The molecule has 1 heterocycles. The van der Waals surface area contributed by atoms with Crippen LogP contribution in [0.25, 0.3) is 0 Å². The van der Waals surface area contributed by atoms with E-state index in [0.29, 0.717) is 0 Å². The van der Waals surface area contributed by atoms with Crippen LogP contribution in [0.2, 0.25) is 0 Å². The van der Waals surface area contributed by atoms with Gasteiger partial charge in [-0.1, -0.05) is 12.1 Å². The maximum Gasteiger partial charge on any atom is 0.0642 e. The average molecular weight is 314 g/mol. The van der Waals surface area contributed by atoms with Gasteiger partial charge in [-0.2, -0.15) is 0 Å². The molecule has 1 fully saturated rings. The average Bonchev–Trinajstić information content (AvgIpc) is 2.61. The van der Waals surface area contributed by atoms with Gasteiger partial charge in [0, 0.05) is 35.9 Å². The fraction of sp³-hybridized carbons (Fsp3) is 0.333. The highest BCUT2D eigenvalue weighted by molar-refractivity contribution is 7.98. The predicted octanol–water partition coefficient (Wildman–Crippen LogP) is 3.86. The van der Waals surface area contributed by atoms with E-state index in [9.17, 15) is 0 Å². The zero-order valence-corrected chi connectivity index (χ0v) is 13.7. The van der Waals surface area contributed by atoms with Crippen LogP contribution in [-0.4, -0.2) is 32.6 Å². The van der Waals surface area contributed by atoms with E-state index >= 15 is 0 Å². The Morgan fingerprint density at radius 3 is 2.32 bits per heavy atom. The Bertz CT molecular complexity index is 577. The van der Waals surface area contributed by atoms with E-state index in [2.05, 4.69) is 65.0 Å². The van der Waals surface area contributed by atoms with Crippen LogP contribution in [0.3, 0.4) is 0 Å².